The van der Waals surface area contributed by atoms with Gasteiger partial charge in [-0.15, -0.1) is 11.3 Å². The Kier molecular flexibility index (Phi) is 6.84. The van der Waals surface area contributed by atoms with Crippen LogP contribution in [0.2, 0.25) is 0 Å². The van der Waals surface area contributed by atoms with Crippen molar-refractivity contribution in [3.63, 3.8) is 0 Å². The lowest BCUT2D eigenvalue weighted by molar-refractivity contribution is -0.115. The van der Waals surface area contributed by atoms with E-state index >= 15 is 0 Å². The number of benzene rings is 2. The maximum absolute atomic E-state index is 14.3. The number of rotatable bonds is 5. The smallest absolute Gasteiger partial charge is 0.230 e. The summed E-state index contributed by atoms with van der Waals surface area (Å²) in [4.78, 5) is 30.3. The van der Waals surface area contributed by atoms with Gasteiger partial charge in [0.15, 0.2) is 5.13 Å². The first-order valence-corrected chi connectivity index (χ1v) is 10.9. The molecule has 0 aliphatic carbocycles. The molecule has 3 rings (SSSR count). The minimum absolute atomic E-state index is 0.0704. The monoisotopic (exact) mass is 465 g/mol. The number of aromatic nitrogens is 1. The number of hydrogen-bond donors (Lipinski definition) is 0. The van der Waals surface area contributed by atoms with Crippen molar-refractivity contribution in [1.82, 2.24) is 4.98 Å². The van der Waals surface area contributed by atoms with E-state index in [9.17, 15) is 23.6 Å². The van der Waals surface area contributed by atoms with Gasteiger partial charge in [-0.05, 0) is 29.2 Å². The fraction of sp³-hybridized carbons (Fsp3) is 0.200. The van der Waals surface area contributed by atoms with Gasteiger partial charge in [0.2, 0.25) is 11.7 Å². The average molecular weight is 466 g/mol. The van der Waals surface area contributed by atoms with Crippen molar-refractivity contribution in [3.8, 4) is 6.07 Å². The molecule has 0 saturated carbocycles. The topological polar surface area (TPSA) is 74.1 Å². The average Bonchev–Trinajstić information content (AvgIpc) is 3.20. The van der Waals surface area contributed by atoms with Crippen LogP contribution in [0.1, 0.15) is 49.3 Å². The fourth-order valence-corrected chi connectivity index (χ4v) is 3.93. The van der Waals surface area contributed by atoms with Crippen LogP contribution in [0.25, 0.3) is 6.08 Å². The molecule has 0 bridgehead atoms. The normalized spacial score (nSPS) is 11.7. The number of Topliss-reactive ketones (excluding diaryl/α,β-unsaturated/α-hetero) is 1. The molecule has 0 saturated heterocycles. The van der Waals surface area contributed by atoms with Gasteiger partial charge in [-0.3, -0.25) is 14.5 Å². The van der Waals surface area contributed by atoms with E-state index in [4.69, 9.17) is 0 Å². The summed E-state index contributed by atoms with van der Waals surface area (Å²) in [6.07, 6.45) is 1.32. The first-order valence-electron chi connectivity index (χ1n) is 9.99. The van der Waals surface area contributed by atoms with Crippen LogP contribution in [-0.2, 0) is 10.2 Å². The summed E-state index contributed by atoms with van der Waals surface area (Å²) >= 11 is 1.03. The SMILES string of the molecule is CC(=O)N(c1nc(/C=C(\C#N)C(=O)c2ccc(C(C)(C)C)cc2)cs1)c1ccc(F)cc1F. The molecule has 1 heterocycles. The van der Waals surface area contributed by atoms with Gasteiger partial charge in [0.25, 0.3) is 0 Å². The lowest BCUT2D eigenvalue weighted by Gasteiger charge is -2.18. The van der Waals surface area contributed by atoms with Crippen molar-refractivity contribution in [1.29, 1.82) is 5.26 Å². The second-order valence-electron chi connectivity index (χ2n) is 8.33. The summed E-state index contributed by atoms with van der Waals surface area (Å²) in [5.74, 6) is -2.67. The molecule has 0 aliphatic rings. The molecule has 0 fully saturated rings. The standard InChI is InChI=1S/C25H21F2N3O2S/c1-15(31)30(22-10-9-19(26)12-21(22)27)24-29-20(14-33-24)11-17(13-28)23(32)16-5-7-18(8-6-16)25(2,3)4/h5-12,14H,1-4H3/b17-11+. The summed E-state index contributed by atoms with van der Waals surface area (Å²) in [6.45, 7) is 7.41. The van der Waals surface area contributed by atoms with Crippen molar-refractivity contribution in [2.24, 2.45) is 0 Å². The zero-order valence-corrected chi connectivity index (χ0v) is 19.3. The Labute approximate surface area is 194 Å². The van der Waals surface area contributed by atoms with E-state index in [1.165, 1.54) is 13.0 Å². The van der Waals surface area contributed by atoms with Gasteiger partial charge < -0.3 is 0 Å². The largest absolute Gasteiger partial charge is 0.288 e. The summed E-state index contributed by atoms with van der Waals surface area (Å²) < 4.78 is 27.5. The van der Waals surface area contributed by atoms with E-state index in [1.807, 2.05) is 18.2 Å². The molecule has 3 aromatic rings. The molecular weight excluding hydrogens is 444 g/mol. The minimum Gasteiger partial charge on any atom is -0.288 e. The predicted molar refractivity (Wildman–Crippen MR) is 124 cm³/mol. The molecule has 5 nitrogen and oxygen atoms in total. The van der Waals surface area contributed by atoms with Gasteiger partial charge in [-0.1, -0.05) is 45.0 Å². The molecule has 168 valence electrons. The van der Waals surface area contributed by atoms with Gasteiger partial charge >= 0.3 is 0 Å². The number of thiazole rings is 1. The molecule has 1 aromatic heterocycles. The van der Waals surface area contributed by atoms with Crippen LogP contribution in [0.4, 0.5) is 19.6 Å². The van der Waals surface area contributed by atoms with Gasteiger partial charge in [0.1, 0.15) is 23.3 Å². The maximum atomic E-state index is 14.3. The molecule has 8 heteroatoms. The number of carbonyl (C=O) groups is 2. The summed E-state index contributed by atoms with van der Waals surface area (Å²) in [5.41, 5.74) is 1.34. The molecule has 0 aliphatic heterocycles. The zero-order valence-electron chi connectivity index (χ0n) is 18.5. The number of hydrogen-bond acceptors (Lipinski definition) is 5. The van der Waals surface area contributed by atoms with Crippen molar-refractivity contribution in [3.05, 3.63) is 81.9 Å². The molecular formula is C25H21F2N3O2S. The lowest BCUT2D eigenvalue weighted by atomic mass is 9.86. The Morgan fingerprint density at radius 3 is 2.33 bits per heavy atom. The molecule has 33 heavy (non-hydrogen) atoms. The summed E-state index contributed by atoms with van der Waals surface area (Å²) in [5, 5.41) is 11.2. The number of allylic oxidation sites excluding steroid dienone is 1. The third-order valence-corrected chi connectivity index (χ3v) is 5.68. The van der Waals surface area contributed by atoms with Crippen molar-refractivity contribution < 1.29 is 18.4 Å². The van der Waals surface area contributed by atoms with E-state index < -0.39 is 23.3 Å². The van der Waals surface area contributed by atoms with Gasteiger partial charge in [0, 0.05) is 23.9 Å². The summed E-state index contributed by atoms with van der Waals surface area (Å²) in [6, 6.07) is 11.8. The lowest BCUT2D eigenvalue weighted by Crippen LogP contribution is -2.23. The van der Waals surface area contributed by atoms with Gasteiger partial charge in [-0.25, -0.2) is 13.8 Å². The number of nitriles is 1. The number of carbonyl (C=O) groups excluding carboxylic acids is 2. The Balaban J connectivity index is 1.91. The highest BCUT2D eigenvalue weighted by Gasteiger charge is 2.22. The molecule has 0 spiro atoms. The Morgan fingerprint density at radius 1 is 1.12 bits per heavy atom. The molecule has 0 unspecified atom stereocenters. The van der Waals surface area contributed by atoms with E-state index in [0.717, 1.165) is 33.9 Å². The van der Waals surface area contributed by atoms with Crippen molar-refractivity contribution >= 4 is 39.9 Å². The molecule has 0 atom stereocenters. The first kappa shape index (κ1) is 24.0. The van der Waals surface area contributed by atoms with Crippen LogP contribution in [0, 0.1) is 23.0 Å². The second-order valence-corrected chi connectivity index (χ2v) is 9.17. The highest BCUT2D eigenvalue weighted by atomic mass is 32.1. The highest BCUT2D eigenvalue weighted by Crippen LogP contribution is 2.32. The first-order chi connectivity index (χ1) is 15.5. The van der Waals surface area contributed by atoms with Gasteiger partial charge in [0.05, 0.1) is 11.4 Å². The van der Waals surface area contributed by atoms with Crippen molar-refractivity contribution in [2.75, 3.05) is 4.90 Å². The number of nitrogens with zero attached hydrogens (tertiary/aromatic N) is 3. The number of ketones is 1. The third kappa shape index (κ3) is 5.38. The van der Waals surface area contributed by atoms with Crippen molar-refractivity contribution in [2.45, 2.75) is 33.1 Å². The van der Waals surface area contributed by atoms with Crippen LogP contribution < -0.4 is 4.90 Å². The zero-order chi connectivity index (χ0) is 24.3. The fourth-order valence-electron chi connectivity index (χ4n) is 3.09. The van der Waals surface area contributed by atoms with E-state index in [2.05, 4.69) is 25.8 Å². The Hall–Kier alpha value is -3.70. The van der Waals surface area contributed by atoms with E-state index in [0.29, 0.717) is 11.6 Å². The van der Waals surface area contributed by atoms with E-state index in [-0.39, 0.29) is 27.5 Å². The highest BCUT2D eigenvalue weighted by molar-refractivity contribution is 7.14. The molecule has 0 N–H and O–H groups in total. The third-order valence-electron chi connectivity index (χ3n) is 4.84. The van der Waals surface area contributed by atoms with Crippen LogP contribution in [-0.4, -0.2) is 16.7 Å². The summed E-state index contributed by atoms with van der Waals surface area (Å²) in [7, 11) is 0. The molecule has 2 aromatic carbocycles. The maximum Gasteiger partial charge on any atom is 0.230 e. The Morgan fingerprint density at radius 2 is 1.79 bits per heavy atom. The number of halogens is 2. The van der Waals surface area contributed by atoms with Gasteiger partial charge in [-0.2, -0.15) is 5.26 Å². The predicted octanol–water partition coefficient (Wildman–Crippen LogP) is 6.19. The number of anilines is 2. The minimum atomic E-state index is -0.913. The van der Waals surface area contributed by atoms with Crippen LogP contribution in [0.5, 0.6) is 0 Å². The van der Waals surface area contributed by atoms with Crippen LogP contribution >= 0.6 is 11.3 Å². The Bertz CT molecular complexity index is 1280. The molecule has 1 amide bonds. The number of amides is 1. The molecule has 0 radical (unpaired) electrons. The quantitative estimate of drug-likeness (QED) is 0.256. The second kappa shape index (κ2) is 9.43. The van der Waals surface area contributed by atoms with E-state index in [1.54, 1.807) is 17.5 Å². The van der Waals surface area contributed by atoms with Crippen LogP contribution in [0.3, 0.4) is 0 Å². The van der Waals surface area contributed by atoms with Crippen LogP contribution in [0.15, 0.2) is 53.4 Å².